The maximum Gasteiger partial charge on any atom is 0.222 e. The van der Waals surface area contributed by atoms with Gasteiger partial charge in [-0.15, -0.1) is 11.3 Å². The Morgan fingerprint density at radius 2 is 2.16 bits per heavy atom. The maximum absolute atomic E-state index is 12.0. The Kier molecular flexibility index (Phi) is 5.37. The van der Waals surface area contributed by atoms with E-state index in [9.17, 15) is 4.79 Å². The van der Waals surface area contributed by atoms with Crippen LogP contribution in [0.3, 0.4) is 0 Å². The van der Waals surface area contributed by atoms with E-state index in [1.165, 1.54) is 4.88 Å². The molecule has 0 aromatic carbocycles. The Hall–Kier alpha value is -1.38. The maximum atomic E-state index is 12.0. The van der Waals surface area contributed by atoms with Crippen molar-refractivity contribution in [3.63, 3.8) is 0 Å². The van der Waals surface area contributed by atoms with E-state index in [1.54, 1.807) is 11.3 Å². The molecule has 0 radical (unpaired) electrons. The summed E-state index contributed by atoms with van der Waals surface area (Å²) in [4.78, 5) is 17.4. The van der Waals surface area contributed by atoms with Crippen LogP contribution in [-0.4, -0.2) is 48.4 Å². The molecule has 0 saturated carbocycles. The second-order valence-electron chi connectivity index (χ2n) is 4.75. The molecule has 5 heteroatoms. The first-order valence-corrected chi connectivity index (χ1v) is 7.57. The van der Waals surface area contributed by atoms with Gasteiger partial charge in [-0.25, -0.2) is 0 Å². The monoisotopic (exact) mass is 277 g/mol. The van der Waals surface area contributed by atoms with Gasteiger partial charge in [0.05, 0.1) is 12.6 Å². The molecule has 0 bridgehead atoms. The number of aryl methyl sites for hydroxylation is 1. The first kappa shape index (κ1) is 14.0. The number of amides is 1. The Morgan fingerprint density at radius 1 is 1.37 bits per heavy atom. The van der Waals surface area contributed by atoms with Gasteiger partial charge in [0.1, 0.15) is 0 Å². The second kappa shape index (κ2) is 7.27. The van der Waals surface area contributed by atoms with E-state index in [-0.39, 0.29) is 5.91 Å². The van der Waals surface area contributed by atoms with Gasteiger partial charge in [-0.1, -0.05) is 6.07 Å². The number of nitriles is 1. The summed E-state index contributed by atoms with van der Waals surface area (Å²) in [6.07, 6.45) is 2.56. The lowest BCUT2D eigenvalue weighted by atomic mass is 10.2. The molecule has 0 atom stereocenters. The third kappa shape index (κ3) is 4.34. The number of carbonyl (C=O) groups excluding carboxylic acids is 1. The molecule has 1 fully saturated rings. The summed E-state index contributed by atoms with van der Waals surface area (Å²) in [5, 5.41) is 10.7. The average molecular weight is 277 g/mol. The van der Waals surface area contributed by atoms with E-state index in [1.807, 2.05) is 4.90 Å². The summed E-state index contributed by atoms with van der Waals surface area (Å²) in [7, 11) is 0. The Labute approximate surface area is 118 Å². The number of hydrogen-bond donors (Lipinski definition) is 0. The highest BCUT2D eigenvalue weighted by atomic mass is 32.1. The fourth-order valence-electron chi connectivity index (χ4n) is 2.28. The highest BCUT2D eigenvalue weighted by Gasteiger charge is 2.20. The number of nitrogens with zero attached hydrogens (tertiary/aromatic N) is 3. The summed E-state index contributed by atoms with van der Waals surface area (Å²) in [5.74, 6) is 0.258. The van der Waals surface area contributed by atoms with Crippen LogP contribution in [0, 0.1) is 11.3 Å². The van der Waals surface area contributed by atoms with E-state index >= 15 is 0 Å². The smallest absolute Gasteiger partial charge is 0.222 e. The molecule has 0 unspecified atom stereocenters. The van der Waals surface area contributed by atoms with Crippen LogP contribution in [-0.2, 0) is 11.2 Å². The first-order chi connectivity index (χ1) is 9.29. The third-order valence-electron chi connectivity index (χ3n) is 3.41. The summed E-state index contributed by atoms with van der Waals surface area (Å²) in [6.45, 7) is 3.65. The largest absolute Gasteiger partial charge is 0.340 e. The van der Waals surface area contributed by atoms with Crippen molar-refractivity contribution in [2.24, 2.45) is 0 Å². The zero-order chi connectivity index (χ0) is 13.5. The van der Waals surface area contributed by atoms with Crippen molar-refractivity contribution in [1.82, 2.24) is 9.80 Å². The van der Waals surface area contributed by atoms with Gasteiger partial charge in [-0.2, -0.15) is 5.26 Å². The van der Waals surface area contributed by atoms with Gasteiger partial charge in [0.25, 0.3) is 0 Å². The fraction of sp³-hybridized carbons (Fsp3) is 0.571. The highest BCUT2D eigenvalue weighted by Crippen LogP contribution is 2.13. The lowest BCUT2D eigenvalue weighted by Gasteiger charge is -2.33. The molecule has 0 aliphatic carbocycles. The molecule has 4 nitrogen and oxygen atoms in total. The van der Waals surface area contributed by atoms with Gasteiger partial charge in [0.15, 0.2) is 0 Å². The minimum atomic E-state index is 0.258. The van der Waals surface area contributed by atoms with Crippen LogP contribution in [0.1, 0.15) is 17.7 Å². The summed E-state index contributed by atoms with van der Waals surface area (Å²) >= 11 is 1.75. The third-order valence-corrected chi connectivity index (χ3v) is 4.35. The molecule has 1 saturated heterocycles. The topological polar surface area (TPSA) is 47.3 Å². The van der Waals surface area contributed by atoms with Crippen molar-refractivity contribution in [3.05, 3.63) is 22.4 Å². The zero-order valence-corrected chi connectivity index (χ0v) is 11.9. The van der Waals surface area contributed by atoms with Crippen LogP contribution < -0.4 is 0 Å². The molecule has 102 valence electrons. The van der Waals surface area contributed by atoms with Crippen LogP contribution >= 0.6 is 11.3 Å². The molecule has 2 heterocycles. The van der Waals surface area contributed by atoms with Crippen LogP contribution in [0.2, 0.25) is 0 Å². The van der Waals surface area contributed by atoms with Crippen molar-refractivity contribution in [3.8, 4) is 6.07 Å². The number of rotatable bonds is 5. The van der Waals surface area contributed by atoms with Crippen LogP contribution in [0.4, 0.5) is 0 Å². The quantitative estimate of drug-likeness (QED) is 0.770. The molecule has 0 spiro atoms. The van der Waals surface area contributed by atoms with E-state index < -0.39 is 0 Å². The summed E-state index contributed by atoms with van der Waals surface area (Å²) < 4.78 is 0. The molecule has 1 aromatic rings. The van der Waals surface area contributed by atoms with Crippen molar-refractivity contribution < 1.29 is 4.79 Å². The molecule has 0 N–H and O–H groups in total. The van der Waals surface area contributed by atoms with E-state index in [2.05, 4.69) is 28.5 Å². The van der Waals surface area contributed by atoms with Crippen molar-refractivity contribution in [2.45, 2.75) is 19.3 Å². The van der Waals surface area contributed by atoms with Gasteiger partial charge in [-0.3, -0.25) is 9.69 Å². The normalized spacial score (nSPS) is 16.3. The van der Waals surface area contributed by atoms with Gasteiger partial charge in [-0.05, 0) is 24.3 Å². The second-order valence-corrected chi connectivity index (χ2v) is 5.78. The molecular weight excluding hydrogens is 258 g/mol. The van der Waals surface area contributed by atoms with Crippen molar-refractivity contribution >= 4 is 17.2 Å². The number of thiophene rings is 1. The van der Waals surface area contributed by atoms with Crippen LogP contribution in [0.15, 0.2) is 17.5 Å². The SMILES string of the molecule is N#CCN1CCN(C(=O)CCCc2cccs2)CC1. The van der Waals surface area contributed by atoms with E-state index in [4.69, 9.17) is 5.26 Å². The fourth-order valence-corrected chi connectivity index (χ4v) is 3.03. The summed E-state index contributed by atoms with van der Waals surface area (Å²) in [6, 6.07) is 6.33. The number of carbonyl (C=O) groups is 1. The van der Waals surface area contributed by atoms with Crippen LogP contribution in [0.5, 0.6) is 0 Å². The molecule has 1 amide bonds. The standard InChI is InChI=1S/C14H19N3OS/c15-6-7-16-8-10-17(11-9-16)14(18)5-1-3-13-4-2-12-19-13/h2,4,12H,1,3,5,7-11H2. The Balaban J connectivity index is 1.65. The molecule has 1 aliphatic rings. The van der Waals surface area contributed by atoms with Gasteiger partial charge in [0, 0.05) is 37.5 Å². The van der Waals surface area contributed by atoms with Gasteiger partial charge < -0.3 is 4.90 Å². The molecule has 1 aromatic heterocycles. The van der Waals surface area contributed by atoms with E-state index in [0.717, 1.165) is 39.0 Å². The molecule has 1 aliphatic heterocycles. The number of piperazine rings is 1. The molecule has 19 heavy (non-hydrogen) atoms. The Morgan fingerprint density at radius 3 is 2.79 bits per heavy atom. The van der Waals surface area contributed by atoms with Gasteiger partial charge >= 0.3 is 0 Å². The predicted molar refractivity (Wildman–Crippen MR) is 75.9 cm³/mol. The Bertz CT molecular complexity index is 430. The molecular formula is C14H19N3OS. The lowest BCUT2D eigenvalue weighted by Crippen LogP contribution is -2.48. The summed E-state index contributed by atoms with van der Waals surface area (Å²) in [5.41, 5.74) is 0. The molecule has 2 rings (SSSR count). The van der Waals surface area contributed by atoms with Crippen LogP contribution in [0.25, 0.3) is 0 Å². The minimum absolute atomic E-state index is 0.258. The predicted octanol–water partition coefficient (Wildman–Crippen LogP) is 1.74. The first-order valence-electron chi connectivity index (χ1n) is 6.69. The lowest BCUT2D eigenvalue weighted by molar-refractivity contribution is -0.132. The van der Waals surface area contributed by atoms with Crippen molar-refractivity contribution in [1.29, 1.82) is 5.26 Å². The average Bonchev–Trinajstić information content (AvgIpc) is 2.93. The highest BCUT2D eigenvalue weighted by molar-refractivity contribution is 7.09. The zero-order valence-electron chi connectivity index (χ0n) is 11.0. The van der Waals surface area contributed by atoms with Gasteiger partial charge in [0.2, 0.25) is 5.91 Å². The minimum Gasteiger partial charge on any atom is -0.340 e. The van der Waals surface area contributed by atoms with E-state index in [0.29, 0.717) is 13.0 Å². The number of hydrogen-bond acceptors (Lipinski definition) is 4. The van der Waals surface area contributed by atoms with Crippen molar-refractivity contribution in [2.75, 3.05) is 32.7 Å².